The van der Waals surface area contributed by atoms with E-state index in [4.69, 9.17) is 23.2 Å². The molecule has 0 bridgehead atoms. The number of rotatable bonds is 5. The SMILES string of the molecule is O=c1[nH]n(Cc2ccc(F)c(F)c2)c2ccc(NS(=O)(=O)c3cccc(Cl)c3Cl)cc12. The molecule has 0 spiro atoms. The Morgan fingerprint density at radius 1 is 1.00 bits per heavy atom. The van der Waals surface area contributed by atoms with Crippen molar-refractivity contribution in [2.24, 2.45) is 0 Å². The summed E-state index contributed by atoms with van der Waals surface area (Å²) in [4.78, 5) is 12.2. The topological polar surface area (TPSA) is 84.0 Å². The van der Waals surface area contributed by atoms with E-state index in [1.165, 1.54) is 47.1 Å². The molecule has 1 heterocycles. The minimum Gasteiger partial charge on any atom is -0.280 e. The van der Waals surface area contributed by atoms with Gasteiger partial charge in [0.1, 0.15) is 4.90 Å². The fraction of sp³-hybridized carbons (Fsp3) is 0.0500. The quantitative estimate of drug-likeness (QED) is 0.429. The molecule has 4 aromatic rings. The first-order valence-electron chi connectivity index (χ1n) is 8.79. The summed E-state index contributed by atoms with van der Waals surface area (Å²) < 4.78 is 55.8. The van der Waals surface area contributed by atoms with Crippen LogP contribution in [0.25, 0.3) is 10.9 Å². The highest BCUT2D eigenvalue weighted by Gasteiger charge is 2.20. The Kier molecular flexibility index (Phi) is 5.50. The molecule has 1 aromatic heterocycles. The number of halogens is 4. The largest absolute Gasteiger partial charge is 0.280 e. The molecular weight excluding hydrogens is 471 g/mol. The lowest BCUT2D eigenvalue weighted by Gasteiger charge is -2.10. The molecule has 31 heavy (non-hydrogen) atoms. The molecule has 0 unspecified atom stereocenters. The third kappa shape index (κ3) is 4.16. The second-order valence-corrected chi connectivity index (χ2v) is 9.10. The second-order valence-electron chi connectivity index (χ2n) is 6.66. The number of aromatic amines is 1. The highest BCUT2D eigenvalue weighted by molar-refractivity contribution is 7.92. The van der Waals surface area contributed by atoms with Crippen LogP contribution in [0.5, 0.6) is 0 Å². The highest BCUT2D eigenvalue weighted by Crippen LogP contribution is 2.30. The first-order chi connectivity index (χ1) is 14.7. The van der Waals surface area contributed by atoms with Crippen LogP contribution in [0.2, 0.25) is 10.0 Å². The molecule has 160 valence electrons. The van der Waals surface area contributed by atoms with Gasteiger partial charge < -0.3 is 0 Å². The van der Waals surface area contributed by atoms with E-state index in [1.54, 1.807) is 0 Å². The van der Waals surface area contributed by atoms with E-state index in [0.29, 0.717) is 11.1 Å². The van der Waals surface area contributed by atoms with Crippen molar-refractivity contribution in [3.8, 4) is 0 Å². The molecule has 0 saturated heterocycles. The molecule has 0 aliphatic carbocycles. The van der Waals surface area contributed by atoms with E-state index in [1.807, 2.05) is 0 Å². The molecule has 3 aromatic carbocycles. The van der Waals surface area contributed by atoms with Crippen LogP contribution >= 0.6 is 23.2 Å². The number of fused-ring (bicyclic) bond motifs is 1. The zero-order valence-electron chi connectivity index (χ0n) is 15.5. The van der Waals surface area contributed by atoms with Crippen molar-refractivity contribution in [3.63, 3.8) is 0 Å². The predicted octanol–water partition coefficient (Wildman–Crippen LogP) is 4.76. The normalized spacial score (nSPS) is 11.7. The Hall–Kier alpha value is -2.88. The number of hydrogen-bond donors (Lipinski definition) is 2. The first-order valence-corrected chi connectivity index (χ1v) is 11.0. The molecule has 0 amide bonds. The van der Waals surface area contributed by atoms with Gasteiger partial charge in [-0.1, -0.05) is 35.3 Å². The third-order valence-corrected chi connectivity index (χ3v) is 6.91. The lowest BCUT2D eigenvalue weighted by atomic mass is 10.2. The van der Waals surface area contributed by atoms with Crippen molar-refractivity contribution in [1.82, 2.24) is 9.78 Å². The third-order valence-electron chi connectivity index (χ3n) is 4.55. The summed E-state index contributed by atoms with van der Waals surface area (Å²) in [7, 11) is -4.06. The minimum absolute atomic E-state index is 0.0825. The Labute approximate surface area is 185 Å². The molecule has 6 nitrogen and oxygen atoms in total. The van der Waals surface area contributed by atoms with Crippen LogP contribution in [0.4, 0.5) is 14.5 Å². The Morgan fingerprint density at radius 2 is 1.77 bits per heavy atom. The molecular formula is C20H13Cl2F2N3O3S. The molecule has 0 saturated carbocycles. The summed E-state index contributed by atoms with van der Waals surface area (Å²) in [5.74, 6) is -1.96. The molecule has 4 rings (SSSR count). The number of anilines is 1. The molecule has 0 aliphatic rings. The molecule has 0 radical (unpaired) electrons. The predicted molar refractivity (Wildman–Crippen MR) is 115 cm³/mol. The van der Waals surface area contributed by atoms with E-state index in [9.17, 15) is 22.0 Å². The van der Waals surface area contributed by atoms with E-state index in [-0.39, 0.29) is 32.6 Å². The van der Waals surface area contributed by atoms with Gasteiger partial charge in [0.15, 0.2) is 11.6 Å². The van der Waals surface area contributed by atoms with Gasteiger partial charge in [0.05, 0.1) is 27.5 Å². The van der Waals surface area contributed by atoms with Crippen LogP contribution in [-0.4, -0.2) is 18.2 Å². The maximum Gasteiger partial charge on any atom is 0.272 e. The van der Waals surface area contributed by atoms with Gasteiger partial charge in [0.25, 0.3) is 15.6 Å². The zero-order chi connectivity index (χ0) is 22.3. The van der Waals surface area contributed by atoms with Gasteiger partial charge in [-0.05, 0) is 48.0 Å². The van der Waals surface area contributed by atoms with Crippen LogP contribution < -0.4 is 10.3 Å². The Balaban J connectivity index is 1.67. The number of nitrogens with one attached hydrogen (secondary N) is 2. The fourth-order valence-corrected chi connectivity index (χ4v) is 4.92. The van der Waals surface area contributed by atoms with Crippen molar-refractivity contribution in [2.75, 3.05) is 4.72 Å². The van der Waals surface area contributed by atoms with E-state index in [2.05, 4.69) is 9.82 Å². The molecule has 0 atom stereocenters. The van der Waals surface area contributed by atoms with Gasteiger partial charge in [-0.25, -0.2) is 17.2 Å². The summed E-state index contributed by atoms with van der Waals surface area (Å²) in [5, 5.41) is 2.78. The van der Waals surface area contributed by atoms with Gasteiger partial charge in [0.2, 0.25) is 0 Å². The fourth-order valence-electron chi connectivity index (χ4n) is 3.11. The van der Waals surface area contributed by atoms with Crippen molar-refractivity contribution in [3.05, 3.63) is 92.2 Å². The zero-order valence-corrected chi connectivity index (χ0v) is 17.8. The van der Waals surface area contributed by atoms with Crippen molar-refractivity contribution < 1.29 is 17.2 Å². The maximum atomic E-state index is 13.5. The summed E-state index contributed by atoms with van der Waals surface area (Å²) in [6.07, 6.45) is 0. The average molecular weight is 484 g/mol. The van der Waals surface area contributed by atoms with Crippen LogP contribution in [0.3, 0.4) is 0 Å². The standard InChI is InChI=1S/C20H13Cl2F2N3O3S/c21-14-2-1-3-18(19(14)22)31(29,30)26-12-5-7-17-13(9-12)20(28)25-27(17)10-11-4-6-15(23)16(24)8-11/h1-9,26H,10H2,(H,25,28). The molecule has 2 N–H and O–H groups in total. The van der Waals surface area contributed by atoms with Crippen LogP contribution in [-0.2, 0) is 16.6 Å². The summed E-state index contributed by atoms with van der Waals surface area (Å²) in [5.41, 5.74) is 0.560. The van der Waals surface area contributed by atoms with Gasteiger partial charge in [-0.3, -0.25) is 19.3 Å². The van der Waals surface area contributed by atoms with Gasteiger partial charge in [-0.15, -0.1) is 0 Å². The highest BCUT2D eigenvalue weighted by atomic mass is 35.5. The van der Waals surface area contributed by atoms with Crippen molar-refractivity contribution in [1.29, 1.82) is 0 Å². The van der Waals surface area contributed by atoms with Crippen molar-refractivity contribution >= 4 is 49.8 Å². The molecule has 0 aliphatic heterocycles. The van der Waals surface area contributed by atoms with E-state index in [0.717, 1.165) is 12.1 Å². The number of hydrogen-bond acceptors (Lipinski definition) is 3. The van der Waals surface area contributed by atoms with Crippen LogP contribution in [0, 0.1) is 11.6 Å². The lowest BCUT2D eigenvalue weighted by molar-refractivity contribution is 0.506. The Bertz CT molecular complexity index is 1480. The van der Waals surface area contributed by atoms with Gasteiger partial charge in [-0.2, -0.15) is 0 Å². The number of nitrogens with zero attached hydrogens (tertiary/aromatic N) is 1. The number of sulfonamides is 1. The number of aromatic nitrogens is 2. The van der Waals surface area contributed by atoms with E-state index >= 15 is 0 Å². The molecule has 11 heteroatoms. The minimum atomic E-state index is -4.06. The average Bonchev–Trinajstić information content (AvgIpc) is 3.01. The molecule has 0 fully saturated rings. The van der Waals surface area contributed by atoms with Crippen molar-refractivity contribution in [2.45, 2.75) is 11.4 Å². The summed E-state index contributed by atoms with van der Waals surface area (Å²) >= 11 is 11.9. The summed E-state index contributed by atoms with van der Waals surface area (Å²) in [6.45, 7) is 0.0825. The van der Waals surface area contributed by atoms with Gasteiger partial charge >= 0.3 is 0 Å². The monoisotopic (exact) mass is 483 g/mol. The smallest absolute Gasteiger partial charge is 0.272 e. The number of benzene rings is 3. The van der Waals surface area contributed by atoms with Gasteiger partial charge in [0, 0.05) is 5.69 Å². The Morgan fingerprint density at radius 3 is 2.52 bits per heavy atom. The number of H-pyrrole nitrogens is 1. The first kappa shape index (κ1) is 21.4. The van der Waals surface area contributed by atoms with E-state index < -0.39 is 27.2 Å². The van der Waals surface area contributed by atoms with Crippen LogP contribution in [0.15, 0.2) is 64.3 Å². The lowest BCUT2D eigenvalue weighted by Crippen LogP contribution is -2.13. The summed E-state index contributed by atoms with van der Waals surface area (Å²) in [6, 6.07) is 12.0. The van der Waals surface area contributed by atoms with Crippen LogP contribution in [0.1, 0.15) is 5.56 Å². The second kappa shape index (κ2) is 7.99. The maximum absolute atomic E-state index is 13.5.